The Morgan fingerprint density at radius 1 is 1.03 bits per heavy atom. The standard InChI is InChI=1S/C28H23N3O3S/c1-19(21-9-5-3-6-10-21)30-26(32)24(18-29)28-31(22-11-7-4-8-12-22)27(33)25(35-28)17-20-13-15-23(34-2)16-14-20/h3-17,19H,1-2H3,(H,30,32)/b25-17+,28-24+/t19-/m0/s1. The summed E-state index contributed by atoms with van der Waals surface area (Å²) >= 11 is 1.11. The third-order valence-electron chi connectivity index (χ3n) is 5.45. The highest BCUT2D eigenvalue weighted by Crippen LogP contribution is 2.13. The molecule has 1 N–H and O–H groups in total. The molecule has 0 unspecified atom stereocenters. The number of hydrogen-bond donors (Lipinski definition) is 1. The van der Waals surface area contributed by atoms with E-state index in [1.54, 1.807) is 49.6 Å². The lowest BCUT2D eigenvalue weighted by atomic mass is 10.1. The normalized spacial score (nSPS) is 13.0. The van der Waals surface area contributed by atoms with Crippen LogP contribution >= 0.6 is 11.3 Å². The lowest BCUT2D eigenvalue weighted by Gasteiger charge is -2.13. The Labute approximate surface area is 206 Å². The first-order valence-corrected chi connectivity index (χ1v) is 11.8. The number of nitrogens with one attached hydrogen (secondary N) is 1. The number of carbonyl (C=O) groups excluding carboxylic acids is 1. The molecule has 0 saturated carbocycles. The summed E-state index contributed by atoms with van der Waals surface area (Å²) in [5.74, 6) is 0.172. The number of nitrogens with zero attached hydrogens (tertiary/aromatic N) is 2. The number of thiazole rings is 1. The molecule has 7 heteroatoms. The van der Waals surface area contributed by atoms with Gasteiger partial charge < -0.3 is 10.1 Å². The smallest absolute Gasteiger partial charge is 0.273 e. The minimum Gasteiger partial charge on any atom is -0.497 e. The van der Waals surface area contributed by atoms with Crippen molar-refractivity contribution in [2.45, 2.75) is 13.0 Å². The van der Waals surface area contributed by atoms with Gasteiger partial charge in [0.15, 0.2) is 5.57 Å². The van der Waals surface area contributed by atoms with Crippen LogP contribution < -0.4 is 24.8 Å². The van der Waals surface area contributed by atoms with Gasteiger partial charge in [-0.15, -0.1) is 11.3 Å². The number of nitriles is 1. The predicted molar refractivity (Wildman–Crippen MR) is 138 cm³/mol. The fourth-order valence-corrected chi connectivity index (χ4v) is 4.70. The van der Waals surface area contributed by atoms with Gasteiger partial charge in [-0.3, -0.25) is 14.2 Å². The fourth-order valence-electron chi connectivity index (χ4n) is 3.60. The molecule has 0 aliphatic heterocycles. The number of methoxy groups -OCH3 is 1. The Bertz CT molecular complexity index is 1550. The van der Waals surface area contributed by atoms with E-state index in [1.165, 1.54) is 4.57 Å². The van der Waals surface area contributed by atoms with Crippen LogP contribution in [-0.4, -0.2) is 17.6 Å². The van der Waals surface area contributed by atoms with Crippen molar-refractivity contribution in [2.24, 2.45) is 0 Å². The van der Waals surface area contributed by atoms with Crippen LogP contribution in [0.15, 0.2) is 89.7 Å². The summed E-state index contributed by atoms with van der Waals surface area (Å²) in [5, 5.41) is 12.9. The van der Waals surface area contributed by atoms with Gasteiger partial charge >= 0.3 is 0 Å². The van der Waals surface area contributed by atoms with E-state index in [1.807, 2.05) is 61.5 Å². The first kappa shape index (κ1) is 23.7. The van der Waals surface area contributed by atoms with Gasteiger partial charge in [-0.25, -0.2) is 0 Å². The average molecular weight is 482 g/mol. The van der Waals surface area contributed by atoms with Crippen molar-refractivity contribution in [2.75, 3.05) is 7.11 Å². The molecule has 1 aromatic heterocycles. The summed E-state index contributed by atoms with van der Waals surface area (Å²) in [4.78, 5) is 26.7. The molecular formula is C28H23N3O3S. The summed E-state index contributed by atoms with van der Waals surface area (Å²) in [6, 6.07) is 27.5. The number of ether oxygens (including phenoxy) is 1. The van der Waals surface area contributed by atoms with E-state index in [0.29, 0.717) is 16.0 Å². The molecule has 1 atom stereocenters. The van der Waals surface area contributed by atoms with E-state index in [4.69, 9.17) is 4.74 Å². The Balaban J connectivity index is 1.87. The van der Waals surface area contributed by atoms with Crippen LogP contribution in [0, 0.1) is 11.3 Å². The molecule has 0 spiro atoms. The van der Waals surface area contributed by atoms with Crippen LogP contribution in [0.2, 0.25) is 0 Å². The number of rotatable bonds is 6. The lowest BCUT2D eigenvalue weighted by Crippen LogP contribution is -2.34. The molecule has 0 fully saturated rings. The second-order valence-corrected chi connectivity index (χ2v) is 8.79. The van der Waals surface area contributed by atoms with Crippen LogP contribution in [0.3, 0.4) is 0 Å². The number of para-hydroxylation sites is 1. The first-order valence-electron chi connectivity index (χ1n) is 10.9. The Hall–Kier alpha value is -4.41. The summed E-state index contributed by atoms with van der Waals surface area (Å²) in [6.45, 7) is 1.85. The molecule has 0 saturated heterocycles. The zero-order valence-electron chi connectivity index (χ0n) is 19.3. The summed E-state index contributed by atoms with van der Waals surface area (Å²) in [5.41, 5.74) is 1.88. The van der Waals surface area contributed by atoms with Crippen LogP contribution in [0.1, 0.15) is 24.1 Å². The highest BCUT2D eigenvalue weighted by atomic mass is 32.1. The highest BCUT2D eigenvalue weighted by molar-refractivity contribution is 7.07. The molecule has 35 heavy (non-hydrogen) atoms. The number of carbonyl (C=O) groups is 1. The maximum atomic E-state index is 13.5. The highest BCUT2D eigenvalue weighted by Gasteiger charge is 2.19. The van der Waals surface area contributed by atoms with Gasteiger partial charge in [0, 0.05) is 0 Å². The van der Waals surface area contributed by atoms with Gasteiger partial charge in [-0.2, -0.15) is 5.26 Å². The zero-order valence-corrected chi connectivity index (χ0v) is 20.1. The summed E-state index contributed by atoms with van der Waals surface area (Å²) in [6.07, 6.45) is 1.74. The molecular weight excluding hydrogens is 458 g/mol. The Morgan fingerprint density at radius 3 is 2.26 bits per heavy atom. The van der Waals surface area contributed by atoms with E-state index >= 15 is 0 Å². The fraction of sp³-hybridized carbons (Fsp3) is 0.107. The van der Waals surface area contributed by atoms with Crippen molar-refractivity contribution in [3.63, 3.8) is 0 Å². The van der Waals surface area contributed by atoms with E-state index in [2.05, 4.69) is 5.32 Å². The van der Waals surface area contributed by atoms with Gasteiger partial charge in [0.05, 0.1) is 23.4 Å². The van der Waals surface area contributed by atoms with Crippen LogP contribution in [0.25, 0.3) is 17.3 Å². The molecule has 0 aliphatic rings. The summed E-state index contributed by atoms with van der Waals surface area (Å²) < 4.78 is 7.31. The van der Waals surface area contributed by atoms with E-state index in [-0.39, 0.29) is 21.8 Å². The van der Waals surface area contributed by atoms with Crippen molar-refractivity contribution in [3.8, 4) is 17.5 Å². The largest absolute Gasteiger partial charge is 0.497 e. The van der Waals surface area contributed by atoms with Crippen molar-refractivity contribution in [1.29, 1.82) is 5.26 Å². The molecule has 174 valence electrons. The SMILES string of the molecule is COc1ccc(/C=c2/s/c(=C(\C#N)C(=O)N[C@@H](C)c3ccccc3)n(-c3ccccc3)c2=O)cc1. The zero-order chi connectivity index (χ0) is 24.8. The van der Waals surface area contributed by atoms with Gasteiger partial charge in [-0.1, -0.05) is 60.7 Å². The quantitative estimate of drug-likeness (QED) is 0.458. The molecule has 0 radical (unpaired) electrons. The molecule has 4 rings (SSSR count). The predicted octanol–water partition coefficient (Wildman–Crippen LogP) is 3.29. The number of hydrogen-bond acceptors (Lipinski definition) is 5. The van der Waals surface area contributed by atoms with Gasteiger partial charge in [0.2, 0.25) is 0 Å². The first-order chi connectivity index (χ1) is 17.0. The van der Waals surface area contributed by atoms with E-state index < -0.39 is 5.91 Å². The topological polar surface area (TPSA) is 84.1 Å². The lowest BCUT2D eigenvalue weighted by molar-refractivity contribution is -0.116. The Morgan fingerprint density at radius 2 is 1.66 bits per heavy atom. The second-order valence-electron chi connectivity index (χ2n) is 7.76. The van der Waals surface area contributed by atoms with E-state index in [0.717, 1.165) is 22.5 Å². The van der Waals surface area contributed by atoms with Gasteiger partial charge in [0.1, 0.15) is 16.5 Å². The Kier molecular flexibility index (Phi) is 7.24. The third-order valence-corrected chi connectivity index (χ3v) is 6.54. The monoisotopic (exact) mass is 481 g/mol. The van der Waals surface area contributed by atoms with Crippen molar-refractivity contribution in [3.05, 3.63) is 116 Å². The van der Waals surface area contributed by atoms with Crippen LogP contribution in [0.4, 0.5) is 0 Å². The van der Waals surface area contributed by atoms with Crippen molar-refractivity contribution < 1.29 is 9.53 Å². The minimum absolute atomic E-state index is 0.117. The molecule has 1 heterocycles. The van der Waals surface area contributed by atoms with Gasteiger partial charge in [-0.05, 0) is 48.4 Å². The van der Waals surface area contributed by atoms with E-state index in [9.17, 15) is 14.9 Å². The number of aromatic nitrogens is 1. The van der Waals surface area contributed by atoms with Crippen molar-refractivity contribution >= 4 is 28.9 Å². The third kappa shape index (κ3) is 5.24. The average Bonchev–Trinajstić information content (AvgIpc) is 3.21. The van der Waals surface area contributed by atoms with Crippen LogP contribution in [-0.2, 0) is 4.79 Å². The molecule has 0 aliphatic carbocycles. The molecule has 0 bridgehead atoms. The molecule has 3 aromatic carbocycles. The molecule has 1 amide bonds. The maximum Gasteiger partial charge on any atom is 0.273 e. The maximum absolute atomic E-state index is 13.5. The molecule has 6 nitrogen and oxygen atoms in total. The van der Waals surface area contributed by atoms with Gasteiger partial charge in [0.25, 0.3) is 11.5 Å². The minimum atomic E-state index is -0.536. The second kappa shape index (κ2) is 10.7. The molecule has 4 aromatic rings. The number of benzene rings is 3. The summed E-state index contributed by atoms with van der Waals surface area (Å²) in [7, 11) is 1.59. The number of amides is 1. The van der Waals surface area contributed by atoms with Crippen molar-refractivity contribution in [1.82, 2.24) is 9.88 Å². The van der Waals surface area contributed by atoms with Crippen LogP contribution in [0.5, 0.6) is 5.75 Å².